The first-order valence-corrected chi connectivity index (χ1v) is 10.6. The Bertz CT molecular complexity index is 1160. The van der Waals surface area contributed by atoms with Gasteiger partial charge in [-0.3, -0.25) is 9.59 Å². The van der Waals surface area contributed by atoms with Crippen LogP contribution in [0.2, 0.25) is 5.02 Å². The van der Waals surface area contributed by atoms with Crippen molar-refractivity contribution in [2.24, 2.45) is 0 Å². The van der Waals surface area contributed by atoms with E-state index in [4.69, 9.17) is 21.1 Å². The van der Waals surface area contributed by atoms with E-state index in [1.807, 2.05) is 12.1 Å². The quantitative estimate of drug-likeness (QED) is 0.580. The van der Waals surface area contributed by atoms with Crippen molar-refractivity contribution >= 4 is 34.8 Å². The molecule has 4 rings (SSSR count). The molecular weight excluding hydrogens is 428 g/mol. The van der Waals surface area contributed by atoms with E-state index in [0.29, 0.717) is 39.9 Å². The summed E-state index contributed by atoms with van der Waals surface area (Å²) in [6, 6.07) is 17.5. The van der Waals surface area contributed by atoms with Crippen LogP contribution in [0.15, 0.2) is 60.7 Å². The Morgan fingerprint density at radius 2 is 1.69 bits per heavy atom. The van der Waals surface area contributed by atoms with Gasteiger partial charge in [-0.2, -0.15) is 0 Å². The first-order valence-electron chi connectivity index (χ1n) is 10.2. The van der Waals surface area contributed by atoms with E-state index in [-0.39, 0.29) is 11.8 Å². The summed E-state index contributed by atoms with van der Waals surface area (Å²) in [5.74, 6) is 0.815. The number of fused-ring (bicyclic) bond motifs is 1. The van der Waals surface area contributed by atoms with Crippen LogP contribution in [0, 0.1) is 0 Å². The summed E-state index contributed by atoms with van der Waals surface area (Å²) >= 11 is 5.95. The molecule has 0 radical (unpaired) electrons. The molecule has 1 heterocycles. The van der Waals surface area contributed by atoms with Crippen LogP contribution in [0.25, 0.3) is 0 Å². The maximum atomic E-state index is 13.0. The third-order valence-electron chi connectivity index (χ3n) is 5.45. The number of methoxy groups -OCH3 is 2. The Balaban J connectivity index is 1.56. The molecule has 0 saturated carbocycles. The highest BCUT2D eigenvalue weighted by Gasteiger charge is 2.24. The first-order chi connectivity index (χ1) is 15.5. The lowest BCUT2D eigenvalue weighted by Crippen LogP contribution is -2.35. The minimum absolute atomic E-state index is 0.0808. The zero-order chi connectivity index (χ0) is 22.7. The van der Waals surface area contributed by atoms with E-state index >= 15 is 0 Å². The van der Waals surface area contributed by atoms with Crippen LogP contribution in [0.4, 0.5) is 11.4 Å². The highest BCUT2D eigenvalue weighted by atomic mass is 35.5. The molecule has 32 heavy (non-hydrogen) atoms. The van der Waals surface area contributed by atoms with Gasteiger partial charge >= 0.3 is 0 Å². The molecule has 0 bridgehead atoms. The van der Waals surface area contributed by atoms with Gasteiger partial charge in [-0.25, -0.2) is 0 Å². The molecule has 1 aliphatic rings. The molecule has 1 aliphatic heterocycles. The van der Waals surface area contributed by atoms with E-state index in [0.717, 1.165) is 24.1 Å². The molecule has 3 aromatic carbocycles. The van der Waals surface area contributed by atoms with Gasteiger partial charge in [-0.05, 0) is 73.0 Å². The summed E-state index contributed by atoms with van der Waals surface area (Å²) in [5, 5.41) is 3.48. The molecule has 164 valence electrons. The van der Waals surface area contributed by atoms with Crippen LogP contribution in [0.5, 0.6) is 11.5 Å². The summed E-state index contributed by atoms with van der Waals surface area (Å²) in [5.41, 5.74) is 3.44. The highest BCUT2D eigenvalue weighted by molar-refractivity contribution is 6.30. The lowest BCUT2D eigenvalue weighted by Gasteiger charge is -2.30. The smallest absolute Gasteiger partial charge is 0.258 e. The lowest BCUT2D eigenvalue weighted by atomic mass is 9.98. The summed E-state index contributed by atoms with van der Waals surface area (Å²) in [6.45, 7) is 0.628. The van der Waals surface area contributed by atoms with Crippen molar-refractivity contribution in [3.8, 4) is 11.5 Å². The van der Waals surface area contributed by atoms with Gasteiger partial charge in [0.15, 0.2) is 0 Å². The van der Waals surface area contributed by atoms with Crippen LogP contribution in [0.3, 0.4) is 0 Å². The van der Waals surface area contributed by atoms with Crippen LogP contribution in [0.1, 0.15) is 32.7 Å². The number of hydrogen-bond acceptors (Lipinski definition) is 4. The van der Waals surface area contributed by atoms with Gasteiger partial charge < -0.3 is 19.7 Å². The van der Waals surface area contributed by atoms with Gasteiger partial charge in [0, 0.05) is 34.4 Å². The topological polar surface area (TPSA) is 67.9 Å². The fourth-order valence-electron chi connectivity index (χ4n) is 3.79. The number of carbonyl (C=O) groups excluding carboxylic acids is 2. The Hall–Kier alpha value is -3.51. The van der Waals surface area contributed by atoms with Gasteiger partial charge in [0.05, 0.1) is 19.9 Å². The fraction of sp³-hybridized carbons (Fsp3) is 0.200. The van der Waals surface area contributed by atoms with Crippen LogP contribution >= 0.6 is 11.6 Å². The van der Waals surface area contributed by atoms with Crippen molar-refractivity contribution in [1.82, 2.24) is 0 Å². The van der Waals surface area contributed by atoms with Crippen molar-refractivity contribution in [3.63, 3.8) is 0 Å². The molecule has 0 unspecified atom stereocenters. The normalized spacial score (nSPS) is 12.7. The minimum Gasteiger partial charge on any atom is -0.497 e. The molecule has 0 fully saturated rings. The predicted molar refractivity (Wildman–Crippen MR) is 125 cm³/mol. The second-order valence-corrected chi connectivity index (χ2v) is 7.87. The van der Waals surface area contributed by atoms with Crippen LogP contribution < -0.4 is 19.7 Å². The van der Waals surface area contributed by atoms with Crippen molar-refractivity contribution in [2.45, 2.75) is 12.8 Å². The van der Waals surface area contributed by atoms with Gasteiger partial charge in [-0.15, -0.1) is 0 Å². The number of nitrogens with zero attached hydrogens (tertiary/aromatic N) is 1. The van der Waals surface area contributed by atoms with Crippen LogP contribution in [-0.4, -0.2) is 32.6 Å². The van der Waals surface area contributed by atoms with Crippen molar-refractivity contribution in [1.29, 1.82) is 0 Å². The highest BCUT2D eigenvalue weighted by Crippen LogP contribution is 2.32. The number of anilines is 2. The SMILES string of the molecule is COc1ccc(NC(=O)c2ccc3c(c2)CCCN3C(=O)c2ccc(Cl)cc2)c(OC)c1. The van der Waals surface area contributed by atoms with Crippen molar-refractivity contribution in [3.05, 3.63) is 82.4 Å². The molecule has 6 nitrogen and oxygen atoms in total. The molecule has 0 aliphatic carbocycles. The van der Waals surface area contributed by atoms with Gasteiger partial charge in [0.25, 0.3) is 11.8 Å². The van der Waals surface area contributed by atoms with E-state index in [2.05, 4.69) is 5.32 Å². The number of carbonyl (C=O) groups is 2. The number of hydrogen-bond donors (Lipinski definition) is 1. The summed E-state index contributed by atoms with van der Waals surface area (Å²) in [4.78, 5) is 27.7. The fourth-order valence-corrected chi connectivity index (χ4v) is 3.92. The second-order valence-electron chi connectivity index (χ2n) is 7.43. The lowest BCUT2D eigenvalue weighted by molar-refractivity contribution is 0.0984. The number of halogens is 1. The van der Waals surface area contributed by atoms with Gasteiger partial charge in [-0.1, -0.05) is 11.6 Å². The molecule has 0 aromatic heterocycles. The Morgan fingerprint density at radius 3 is 2.41 bits per heavy atom. The second kappa shape index (κ2) is 9.32. The van der Waals surface area contributed by atoms with E-state index in [1.54, 1.807) is 60.5 Å². The number of aryl methyl sites for hydroxylation is 1. The molecule has 2 amide bonds. The molecule has 0 atom stereocenters. The zero-order valence-corrected chi connectivity index (χ0v) is 18.6. The molecular formula is C25H23ClN2O4. The molecule has 0 spiro atoms. The number of rotatable bonds is 5. The molecule has 3 aromatic rings. The van der Waals surface area contributed by atoms with Crippen LogP contribution in [-0.2, 0) is 6.42 Å². The number of ether oxygens (including phenoxy) is 2. The van der Waals surface area contributed by atoms with Crippen molar-refractivity contribution < 1.29 is 19.1 Å². The Kier molecular flexibility index (Phi) is 6.32. The largest absolute Gasteiger partial charge is 0.497 e. The molecule has 0 saturated heterocycles. The summed E-state index contributed by atoms with van der Waals surface area (Å²) < 4.78 is 10.6. The maximum absolute atomic E-state index is 13.0. The van der Waals surface area contributed by atoms with Gasteiger partial charge in [0.1, 0.15) is 11.5 Å². The monoisotopic (exact) mass is 450 g/mol. The first kappa shape index (κ1) is 21.7. The van der Waals surface area contributed by atoms with E-state index in [1.165, 1.54) is 7.11 Å². The summed E-state index contributed by atoms with van der Waals surface area (Å²) in [7, 11) is 3.11. The zero-order valence-electron chi connectivity index (χ0n) is 17.9. The third kappa shape index (κ3) is 4.41. The minimum atomic E-state index is -0.252. The van der Waals surface area contributed by atoms with Crippen molar-refractivity contribution in [2.75, 3.05) is 31.0 Å². The third-order valence-corrected chi connectivity index (χ3v) is 5.71. The molecule has 7 heteroatoms. The van der Waals surface area contributed by atoms with Gasteiger partial charge in [0.2, 0.25) is 0 Å². The summed E-state index contributed by atoms with van der Waals surface area (Å²) in [6.07, 6.45) is 1.62. The average molecular weight is 451 g/mol. The van der Waals surface area contributed by atoms with E-state index in [9.17, 15) is 9.59 Å². The standard InChI is InChI=1S/C25H23ClN2O4/c1-31-20-10-11-21(23(15-20)32-2)27-24(29)18-7-12-22-17(14-18)4-3-13-28(22)25(30)16-5-8-19(26)9-6-16/h5-12,14-15H,3-4,13H2,1-2H3,(H,27,29). The Morgan fingerprint density at radius 1 is 0.938 bits per heavy atom. The average Bonchev–Trinajstić information content (AvgIpc) is 2.83. The predicted octanol–water partition coefficient (Wildman–Crippen LogP) is 5.20. The number of benzene rings is 3. The Labute approximate surface area is 191 Å². The van der Waals surface area contributed by atoms with E-state index < -0.39 is 0 Å². The molecule has 1 N–H and O–H groups in total. The number of nitrogens with one attached hydrogen (secondary N) is 1. The maximum Gasteiger partial charge on any atom is 0.258 e. The number of amides is 2.